The summed E-state index contributed by atoms with van der Waals surface area (Å²) in [5.41, 5.74) is 6.88. The minimum absolute atomic E-state index is 0.158. The number of ether oxygens (including phenoxy) is 1. The van der Waals surface area contributed by atoms with Crippen molar-refractivity contribution < 1.29 is 14.6 Å². The number of hydrogen-bond donors (Lipinski definition) is 3. The quantitative estimate of drug-likeness (QED) is 0.685. The number of carboxylic acid groups (broad SMARTS) is 1. The molecule has 2 heterocycles. The van der Waals surface area contributed by atoms with E-state index in [0.29, 0.717) is 30.3 Å². The van der Waals surface area contributed by atoms with E-state index >= 15 is 0 Å². The number of nitrogens with two attached hydrogens (primary N) is 1. The number of carbonyl (C=O) groups is 1. The van der Waals surface area contributed by atoms with Crippen LogP contribution in [0.4, 0.5) is 11.8 Å². The number of nitrogens with zero attached hydrogens (tertiary/aromatic N) is 2. The monoisotopic (exact) mass is 264 g/mol. The smallest absolute Gasteiger partial charge is 0.328 e. The highest BCUT2D eigenvalue weighted by Crippen LogP contribution is 2.21. The second-order valence-electron chi connectivity index (χ2n) is 4.31. The van der Waals surface area contributed by atoms with Crippen LogP contribution in [0.1, 0.15) is 17.7 Å². The van der Waals surface area contributed by atoms with E-state index in [1.165, 1.54) is 6.08 Å². The van der Waals surface area contributed by atoms with Gasteiger partial charge in [0, 0.05) is 18.2 Å². The maximum atomic E-state index is 10.6. The van der Waals surface area contributed by atoms with E-state index in [1.807, 2.05) is 0 Å². The number of aliphatic carboxylic acids is 1. The molecule has 0 aromatic carbocycles. The third-order valence-corrected chi connectivity index (χ3v) is 2.82. The molecule has 0 aliphatic carbocycles. The van der Waals surface area contributed by atoms with Crippen molar-refractivity contribution >= 4 is 23.8 Å². The van der Waals surface area contributed by atoms with Crippen LogP contribution in [0, 0.1) is 6.92 Å². The first kappa shape index (κ1) is 13.3. The number of anilines is 2. The third kappa shape index (κ3) is 3.41. The summed E-state index contributed by atoms with van der Waals surface area (Å²) in [6.45, 7) is 3.07. The molecule has 1 unspecified atom stereocenters. The van der Waals surface area contributed by atoms with E-state index in [0.717, 1.165) is 12.5 Å². The molecule has 7 nitrogen and oxygen atoms in total. The van der Waals surface area contributed by atoms with E-state index in [2.05, 4.69) is 15.3 Å². The summed E-state index contributed by atoms with van der Waals surface area (Å²) in [4.78, 5) is 18.8. The molecule has 2 rings (SSSR count). The van der Waals surface area contributed by atoms with Crippen LogP contribution in [0.3, 0.4) is 0 Å². The predicted octanol–water partition coefficient (Wildman–Crippen LogP) is 0.666. The lowest BCUT2D eigenvalue weighted by Gasteiger charge is -2.15. The number of aromatic nitrogens is 2. The van der Waals surface area contributed by atoms with Crippen LogP contribution < -0.4 is 11.1 Å². The van der Waals surface area contributed by atoms with Gasteiger partial charge in [-0.2, -0.15) is 4.98 Å². The van der Waals surface area contributed by atoms with Crippen LogP contribution in [0.15, 0.2) is 6.08 Å². The first-order chi connectivity index (χ1) is 9.06. The Hall–Kier alpha value is -2.15. The van der Waals surface area contributed by atoms with Crippen LogP contribution in [-0.4, -0.2) is 40.3 Å². The van der Waals surface area contributed by atoms with Crippen molar-refractivity contribution in [3.63, 3.8) is 0 Å². The van der Waals surface area contributed by atoms with Crippen molar-refractivity contribution in [1.82, 2.24) is 9.97 Å². The van der Waals surface area contributed by atoms with E-state index in [4.69, 9.17) is 15.6 Å². The summed E-state index contributed by atoms with van der Waals surface area (Å²) in [5.74, 6) is -0.323. The summed E-state index contributed by atoms with van der Waals surface area (Å²) < 4.78 is 5.28. The molecule has 0 saturated carbocycles. The van der Waals surface area contributed by atoms with Gasteiger partial charge in [0.15, 0.2) is 0 Å². The van der Waals surface area contributed by atoms with Gasteiger partial charge in [0.25, 0.3) is 0 Å². The normalized spacial score (nSPS) is 18.9. The zero-order valence-electron chi connectivity index (χ0n) is 10.6. The Kier molecular flexibility index (Phi) is 3.96. The number of aryl methyl sites for hydroxylation is 1. The minimum atomic E-state index is -1.02. The van der Waals surface area contributed by atoms with E-state index < -0.39 is 5.97 Å². The van der Waals surface area contributed by atoms with Crippen molar-refractivity contribution in [2.75, 3.05) is 24.3 Å². The molecule has 1 aliphatic rings. The van der Waals surface area contributed by atoms with Gasteiger partial charge in [0.1, 0.15) is 5.82 Å². The average Bonchev–Trinajstić information content (AvgIpc) is 2.80. The molecule has 4 N–H and O–H groups in total. The maximum absolute atomic E-state index is 10.6. The summed E-state index contributed by atoms with van der Waals surface area (Å²) in [6.07, 6.45) is 3.40. The fraction of sp³-hybridized carbons (Fsp3) is 0.417. The lowest BCUT2D eigenvalue weighted by Crippen LogP contribution is -2.21. The molecule has 0 spiro atoms. The van der Waals surface area contributed by atoms with Gasteiger partial charge in [-0.1, -0.05) is 0 Å². The molecule has 1 atom stereocenters. The Morgan fingerprint density at radius 3 is 3.00 bits per heavy atom. The van der Waals surface area contributed by atoms with Crippen LogP contribution in [-0.2, 0) is 9.53 Å². The van der Waals surface area contributed by atoms with Crippen molar-refractivity contribution in [3.05, 3.63) is 17.3 Å². The zero-order chi connectivity index (χ0) is 13.8. The predicted molar refractivity (Wildman–Crippen MR) is 70.7 cm³/mol. The van der Waals surface area contributed by atoms with Crippen LogP contribution in [0.2, 0.25) is 0 Å². The van der Waals surface area contributed by atoms with Gasteiger partial charge in [-0.3, -0.25) is 0 Å². The standard InChI is InChI=1S/C12H16N4O3/c1-7-9(2-3-10(17)18)11(16-12(13)14-7)15-8-4-5-19-6-8/h2-3,8H,4-6H2,1H3,(H,17,18)(H3,13,14,15,16)/b3-2+. The molecule has 0 radical (unpaired) electrons. The molecule has 1 saturated heterocycles. The SMILES string of the molecule is Cc1nc(N)nc(NC2CCOC2)c1/C=C/C(=O)O. The van der Waals surface area contributed by atoms with E-state index in [-0.39, 0.29) is 12.0 Å². The molecule has 19 heavy (non-hydrogen) atoms. The fourth-order valence-corrected chi connectivity index (χ4v) is 1.91. The van der Waals surface area contributed by atoms with Gasteiger partial charge < -0.3 is 20.9 Å². The van der Waals surface area contributed by atoms with Gasteiger partial charge in [0.05, 0.1) is 18.3 Å². The molecule has 1 aliphatic heterocycles. The van der Waals surface area contributed by atoms with Crippen molar-refractivity contribution in [1.29, 1.82) is 0 Å². The zero-order valence-corrected chi connectivity index (χ0v) is 10.6. The largest absolute Gasteiger partial charge is 0.478 e. The summed E-state index contributed by atoms with van der Waals surface area (Å²) >= 11 is 0. The lowest BCUT2D eigenvalue weighted by atomic mass is 10.2. The molecule has 1 fully saturated rings. The van der Waals surface area contributed by atoms with Crippen molar-refractivity contribution in [2.45, 2.75) is 19.4 Å². The molecule has 0 bridgehead atoms. The highest BCUT2D eigenvalue weighted by atomic mass is 16.5. The Morgan fingerprint density at radius 2 is 2.37 bits per heavy atom. The molecule has 7 heteroatoms. The van der Waals surface area contributed by atoms with E-state index in [1.54, 1.807) is 6.92 Å². The summed E-state index contributed by atoms with van der Waals surface area (Å²) in [6, 6.07) is 0.158. The molecular weight excluding hydrogens is 248 g/mol. The molecule has 0 amide bonds. The molecule has 1 aromatic rings. The van der Waals surface area contributed by atoms with Gasteiger partial charge >= 0.3 is 5.97 Å². The lowest BCUT2D eigenvalue weighted by molar-refractivity contribution is -0.131. The van der Waals surface area contributed by atoms with Gasteiger partial charge in [-0.25, -0.2) is 9.78 Å². The average molecular weight is 264 g/mol. The Bertz CT molecular complexity index is 510. The molecule has 102 valence electrons. The molecule has 1 aromatic heterocycles. The first-order valence-electron chi connectivity index (χ1n) is 5.95. The van der Waals surface area contributed by atoms with Gasteiger partial charge in [-0.15, -0.1) is 0 Å². The fourth-order valence-electron chi connectivity index (χ4n) is 1.91. The van der Waals surface area contributed by atoms with Crippen molar-refractivity contribution in [2.24, 2.45) is 0 Å². The number of rotatable bonds is 4. The Labute approximate surface area is 110 Å². The number of nitrogen functional groups attached to an aromatic ring is 1. The summed E-state index contributed by atoms with van der Waals surface area (Å²) in [7, 11) is 0. The number of hydrogen-bond acceptors (Lipinski definition) is 6. The van der Waals surface area contributed by atoms with Crippen molar-refractivity contribution in [3.8, 4) is 0 Å². The second-order valence-corrected chi connectivity index (χ2v) is 4.31. The maximum Gasteiger partial charge on any atom is 0.328 e. The van der Waals surface area contributed by atoms with E-state index in [9.17, 15) is 4.79 Å². The molecular formula is C12H16N4O3. The Morgan fingerprint density at radius 1 is 1.58 bits per heavy atom. The van der Waals surface area contributed by atoms with Gasteiger partial charge in [-0.05, 0) is 19.4 Å². The van der Waals surface area contributed by atoms with Gasteiger partial charge in [0.2, 0.25) is 5.95 Å². The third-order valence-electron chi connectivity index (χ3n) is 2.82. The topological polar surface area (TPSA) is 110 Å². The number of carboxylic acids is 1. The summed E-state index contributed by atoms with van der Waals surface area (Å²) in [5, 5.41) is 11.9. The highest BCUT2D eigenvalue weighted by Gasteiger charge is 2.18. The van der Waals surface area contributed by atoms with Crippen LogP contribution >= 0.6 is 0 Å². The Balaban J connectivity index is 2.30. The highest BCUT2D eigenvalue weighted by molar-refractivity contribution is 5.87. The minimum Gasteiger partial charge on any atom is -0.478 e. The van der Waals surface area contributed by atoms with Crippen LogP contribution in [0.5, 0.6) is 0 Å². The van der Waals surface area contributed by atoms with Crippen LogP contribution in [0.25, 0.3) is 6.08 Å². The first-order valence-corrected chi connectivity index (χ1v) is 5.95. The number of nitrogens with one attached hydrogen (secondary N) is 1. The second kappa shape index (κ2) is 5.66.